The molecule has 0 saturated heterocycles. The number of phenolic OH excluding ortho intramolecular Hbond substituents is 1. The zero-order valence-corrected chi connectivity index (χ0v) is 13.9. The van der Waals surface area contributed by atoms with Crippen LogP contribution in [0.1, 0.15) is 0 Å². The van der Waals surface area contributed by atoms with Crippen LogP contribution in [0, 0.1) is 0 Å². The van der Waals surface area contributed by atoms with Crippen LogP contribution in [0.15, 0.2) is 53.1 Å². The van der Waals surface area contributed by atoms with Gasteiger partial charge >= 0.3 is 0 Å². The van der Waals surface area contributed by atoms with Gasteiger partial charge in [0.15, 0.2) is 0 Å². The van der Waals surface area contributed by atoms with E-state index in [4.69, 9.17) is 0 Å². The van der Waals surface area contributed by atoms with Gasteiger partial charge in [-0.15, -0.1) is 0 Å². The number of benzene rings is 2. The summed E-state index contributed by atoms with van der Waals surface area (Å²) in [5.41, 5.74) is 1.90. The van der Waals surface area contributed by atoms with Gasteiger partial charge in [0.2, 0.25) is 0 Å². The molecule has 3 aromatic rings. The number of halogens is 1. The van der Waals surface area contributed by atoms with Crippen molar-refractivity contribution in [1.82, 2.24) is 4.98 Å². The monoisotopic (exact) mass is 357 g/mol. The Balaban J connectivity index is 2.12. The molecular weight excluding hydrogens is 342 g/mol. The van der Waals surface area contributed by atoms with Gasteiger partial charge in [-0.1, -0.05) is 12.1 Å². The summed E-state index contributed by atoms with van der Waals surface area (Å²) in [6, 6.07) is 13.2. The summed E-state index contributed by atoms with van der Waals surface area (Å²) < 4.78 is 0.953. The van der Waals surface area contributed by atoms with E-state index >= 15 is 0 Å². The summed E-state index contributed by atoms with van der Waals surface area (Å²) in [4.78, 5) is 6.53. The minimum absolute atomic E-state index is 0.223. The van der Waals surface area contributed by atoms with Crippen molar-refractivity contribution >= 4 is 43.9 Å². The first-order valence-electron chi connectivity index (χ1n) is 6.86. The fourth-order valence-electron chi connectivity index (χ4n) is 2.29. The van der Waals surface area contributed by atoms with E-state index in [2.05, 4.69) is 49.3 Å². The molecule has 112 valence electrons. The zero-order chi connectivity index (χ0) is 15.7. The molecule has 0 aliphatic carbocycles. The molecule has 0 atom stereocenters. The molecule has 0 spiro atoms. The van der Waals surface area contributed by atoms with Crippen molar-refractivity contribution in [2.45, 2.75) is 0 Å². The molecule has 0 saturated carbocycles. The lowest BCUT2D eigenvalue weighted by atomic mass is 10.1. The number of nitrogens with zero attached hydrogens (tertiary/aromatic N) is 2. The summed E-state index contributed by atoms with van der Waals surface area (Å²) in [7, 11) is 4.02. The second-order valence-electron chi connectivity index (χ2n) is 5.25. The Morgan fingerprint density at radius 3 is 2.64 bits per heavy atom. The van der Waals surface area contributed by atoms with E-state index in [0.29, 0.717) is 0 Å². The zero-order valence-electron chi connectivity index (χ0n) is 12.3. The van der Waals surface area contributed by atoms with Gasteiger partial charge in [-0.2, -0.15) is 0 Å². The lowest BCUT2D eigenvalue weighted by molar-refractivity contribution is 0.475. The number of pyridine rings is 1. The highest BCUT2D eigenvalue weighted by atomic mass is 79.9. The van der Waals surface area contributed by atoms with Gasteiger partial charge in [-0.05, 0) is 40.2 Å². The molecule has 0 fully saturated rings. The van der Waals surface area contributed by atoms with Crippen LogP contribution in [-0.2, 0) is 0 Å². The largest absolute Gasteiger partial charge is 0.508 e. The highest BCUT2D eigenvalue weighted by molar-refractivity contribution is 9.10. The van der Waals surface area contributed by atoms with Gasteiger partial charge in [0.05, 0.1) is 0 Å². The Hall–Kier alpha value is -2.27. The van der Waals surface area contributed by atoms with Crippen LogP contribution in [0.4, 0.5) is 17.2 Å². The van der Waals surface area contributed by atoms with E-state index in [1.165, 1.54) is 0 Å². The predicted octanol–water partition coefficient (Wildman–Crippen LogP) is 4.51. The van der Waals surface area contributed by atoms with E-state index in [0.717, 1.165) is 32.4 Å². The van der Waals surface area contributed by atoms with Crippen molar-refractivity contribution in [1.29, 1.82) is 0 Å². The molecule has 2 N–H and O–H groups in total. The molecular formula is C17H16BrN3O. The lowest BCUT2D eigenvalue weighted by Crippen LogP contribution is -2.08. The van der Waals surface area contributed by atoms with Crippen LogP contribution in [0.3, 0.4) is 0 Å². The van der Waals surface area contributed by atoms with Gasteiger partial charge in [-0.3, -0.25) is 0 Å². The van der Waals surface area contributed by atoms with Crippen molar-refractivity contribution in [2.24, 2.45) is 0 Å². The van der Waals surface area contributed by atoms with Crippen molar-refractivity contribution in [2.75, 3.05) is 24.3 Å². The van der Waals surface area contributed by atoms with Gasteiger partial charge in [0.25, 0.3) is 0 Å². The Labute approximate surface area is 137 Å². The molecule has 4 nitrogen and oxygen atoms in total. The second kappa shape index (κ2) is 5.85. The van der Waals surface area contributed by atoms with E-state index in [-0.39, 0.29) is 5.75 Å². The fraction of sp³-hybridized carbons (Fsp3) is 0.118. The van der Waals surface area contributed by atoms with E-state index in [1.54, 1.807) is 24.4 Å². The molecule has 1 aromatic heterocycles. The normalized spacial score (nSPS) is 10.7. The maximum Gasteiger partial charge on any atom is 0.138 e. The highest BCUT2D eigenvalue weighted by Gasteiger charge is 2.08. The lowest BCUT2D eigenvalue weighted by Gasteiger charge is -2.15. The number of hydrogen-bond acceptors (Lipinski definition) is 4. The average molecular weight is 358 g/mol. The van der Waals surface area contributed by atoms with Crippen LogP contribution < -0.4 is 10.2 Å². The topological polar surface area (TPSA) is 48.4 Å². The van der Waals surface area contributed by atoms with Gasteiger partial charge in [0.1, 0.15) is 11.6 Å². The minimum Gasteiger partial charge on any atom is -0.508 e. The number of aromatic hydroxyl groups is 1. The predicted molar refractivity (Wildman–Crippen MR) is 95.2 cm³/mol. The van der Waals surface area contributed by atoms with Crippen LogP contribution in [0.25, 0.3) is 10.8 Å². The first-order chi connectivity index (χ1) is 10.5. The second-order valence-corrected chi connectivity index (χ2v) is 6.11. The maximum atomic E-state index is 9.59. The molecule has 22 heavy (non-hydrogen) atoms. The number of fused-ring (bicyclic) bond motifs is 1. The van der Waals surface area contributed by atoms with Crippen molar-refractivity contribution in [3.05, 3.63) is 53.1 Å². The Kier molecular flexibility index (Phi) is 3.90. The molecule has 1 heterocycles. The van der Waals surface area contributed by atoms with Crippen LogP contribution in [-0.4, -0.2) is 24.2 Å². The Morgan fingerprint density at radius 1 is 1.09 bits per heavy atom. The van der Waals surface area contributed by atoms with Crippen molar-refractivity contribution < 1.29 is 5.11 Å². The van der Waals surface area contributed by atoms with Crippen molar-refractivity contribution in [3.8, 4) is 5.75 Å². The Morgan fingerprint density at radius 2 is 1.91 bits per heavy atom. The third-order valence-electron chi connectivity index (χ3n) is 3.45. The van der Waals surface area contributed by atoms with E-state index in [1.807, 2.05) is 20.2 Å². The molecule has 0 bridgehead atoms. The quantitative estimate of drug-likeness (QED) is 0.723. The van der Waals surface area contributed by atoms with Crippen LogP contribution in [0.2, 0.25) is 0 Å². The van der Waals surface area contributed by atoms with Crippen molar-refractivity contribution in [3.63, 3.8) is 0 Å². The van der Waals surface area contributed by atoms with Crippen LogP contribution in [0.5, 0.6) is 5.75 Å². The van der Waals surface area contributed by atoms with Gasteiger partial charge in [-0.25, -0.2) is 4.98 Å². The van der Waals surface area contributed by atoms with Gasteiger partial charge in [0, 0.05) is 53.0 Å². The summed E-state index contributed by atoms with van der Waals surface area (Å²) in [6.45, 7) is 0. The third kappa shape index (κ3) is 2.85. The summed E-state index contributed by atoms with van der Waals surface area (Å²) in [6.07, 6.45) is 1.78. The number of rotatable bonds is 3. The van der Waals surface area contributed by atoms with Gasteiger partial charge < -0.3 is 15.3 Å². The molecule has 0 radical (unpaired) electrons. The van der Waals surface area contributed by atoms with E-state index in [9.17, 15) is 5.11 Å². The fourth-order valence-corrected chi connectivity index (χ4v) is 2.74. The Bertz CT molecular complexity index is 833. The molecule has 3 rings (SSSR count). The molecule has 0 unspecified atom stereocenters. The number of nitrogens with one attached hydrogen (secondary N) is 1. The van der Waals surface area contributed by atoms with Crippen LogP contribution >= 0.6 is 15.9 Å². The standard InChI is InChI=1S/C17H16BrN3O/c1-21(2)12-6-7-14-15(9-12)17(19-10-16(14)18)20-11-4-3-5-13(22)8-11/h3-10,22H,1-2H3,(H,19,20). The first kappa shape index (κ1) is 14.7. The molecule has 0 aliphatic heterocycles. The number of phenols is 1. The average Bonchev–Trinajstić information content (AvgIpc) is 2.50. The summed E-state index contributed by atoms with van der Waals surface area (Å²) >= 11 is 3.55. The maximum absolute atomic E-state index is 9.59. The first-order valence-corrected chi connectivity index (χ1v) is 7.65. The number of anilines is 3. The smallest absolute Gasteiger partial charge is 0.138 e. The molecule has 2 aromatic carbocycles. The molecule has 0 amide bonds. The SMILES string of the molecule is CN(C)c1ccc2c(Br)cnc(Nc3cccc(O)c3)c2c1. The number of aromatic nitrogens is 1. The third-order valence-corrected chi connectivity index (χ3v) is 4.08. The minimum atomic E-state index is 0.223. The molecule has 5 heteroatoms. The highest BCUT2D eigenvalue weighted by Crippen LogP contribution is 2.32. The summed E-state index contributed by atoms with van der Waals surface area (Å²) in [5.74, 6) is 0.980. The summed E-state index contributed by atoms with van der Waals surface area (Å²) in [5, 5.41) is 15.0. The number of hydrogen-bond donors (Lipinski definition) is 2. The van der Waals surface area contributed by atoms with E-state index < -0.39 is 0 Å². The molecule has 0 aliphatic rings.